The fourth-order valence-corrected chi connectivity index (χ4v) is 3.47. The van der Waals surface area contributed by atoms with E-state index in [4.69, 9.17) is 21.1 Å². The molecule has 1 aromatic heterocycles. The van der Waals surface area contributed by atoms with Gasteiger partial charge in [-0.05, 0) is 79.2 Å². The highest BCUT2D eigenvalue weighted by Crippen LogP contribution is 2.27. The van der Waals surface area contributed by atoms with Gasteiger partial charge in [-0.3, -0.25) is 4.79 Å². The molecule has 1 heterocycles. The van der Waals surface area contributed by atoms with Crippen LogP contribution in [0.25, 0.3) is 10.9 Å². The van der Waals surface area contributed by atoms with Crippen molar-refractivity contribution in [1.82, 2.24) is 4.57 Å². The number of ether oxygens (including phenoxy) is 2. The van der Waals surface area contributed by atoms with Crippen molar-refractivity contribution in [1.29, 1.82) is 0 Å². The van der Waals surface area contributed by atoms with Gasteiger partial charge in [0.1, 0.15) is 17.2 Å². The molecule has 4 aromatic rings. The SMILES string of the molecule is COc1ccc(NC(=O)c2ccc(Oc3ccc4c(ccn4CCCCl)c3)cc2)cc1. The molecule has 0 saturated heterocycles. The highest BCUT2D eigenvalue weighted by atomic mass is 35.5. The Kier molecular flexibility index (Phi) is 6.43. The first kappa shape index (κ1) is 20.8. The Bertz CT molecular complexity index is 1170. The number of alkyl halides is 1. The molecule has 0 aliphatic carbocycles. The van der Waals surface area contributed by atoms with Crippen molar-refractivity contribution in [3.05, 3.63) is 84.6 Å². The van der Waals surface area contributed by atoms with Crippen LogP contribution >= 0.6 is 11.6 Å². The number of carbonyl (C=O) groups is 1. The van der Waals surface area contributed by atoms with Crippen LogP contribution in [0.1, 0.15) is 16.8 Å². The van der Waals surface area contributed by atoms with Crippen LogP contribution in [0, 0.1) is 0 Å². The molecule has 0 radical (unpaired) electrons. The predicted molar refractivity (Wildman–Crippen MR) is 125 cm³/mol. The van der Waals surface area contributed by atoms with Gasteiger partial charge in [-0.15, -0.1) is 11.6 Å². The molecule has 0 aliphatic heterocycles. The minimum absolute atomic E-state index is 0.184. The van der Waals surface area contributed by atoms with E-state index in [1.807, 2.05) is 12.1 Å². The van der Waals surface area contributed by atoms with Gasteiger partial charge < -0.3 is 19.4 Å². The van der Waals surface area contributed by atoms with Gasteiger partial charge in [0.25, 0.3) is 5.91 Å². The zero-order valence-corrected chi connectivity index (χ0v) is 17.9. The summed E-state index contributed by atoms with van der Waals surface area (Å²) in [4.78, 5) is 12.5. The van der Waals surface area contributed by atoms with E-state index in [-0.39, 0.29) is 5.91 Å². The van der Waals surface area contributed by atoms with Gasteiger partial charge in [0.15, 0.2) is 0 Å². The summed E-state index contributed by atoms with van der Waals surface area (Å²) in [6, 6.07) is 22.4. The molecule has 0 unspecified atom stereocenters. The molecule has 0 bridgehead atoms. The molecule has 1 N–H and O–H groups in total. The molecule has 4 rings (SSSR count). The van der Waals surface area contributed by atoms with E-state index in [2.05, 4.69) is 28.2 Å². The quantitative estimate of drug-likeness (QED) is 0.330. The second-order valence-corrected chi connectivity index (χ2v) is 7.46. The third-order valence-electron chi connectivity index (χ3n) is 4.98. The first-order valence-corrected chi connectivity index (χ1v) is 10.6. The zero-order chi connectivity index (χ0) is 21.6. The number of amides is 1. The molecule has 158 valence electrons. The van der Waals surface area contributed by atoms with Crippen molar-refractivity contribution in [3.63, 3.8) is 0 Å². The standard InChI is InChI=1S/C25H23ClN2O3/c1-30-21-9-5-20(6-10-21)27-25(29)18-3-7-22(8-4-18)31-23-11-12-24-19(17-23)13-16-28(24)15-2-14-26/h3-13,16-17H,2,14-15H2,1H3,(H,27,29). The molecular formula is C25H23ClN2O3. The van der Waals surface area contributed by atoms with E-state index in [0.717, 1.165) is 35.4 Å². The topological polar surface area (TPSA) is 52.5 Å². The number of nitrogens with one attached hydrogen (secondary N) is 1. The maximum atomic E-state index is 12.5. The highest BCUT2D eigenvalue weighted by Gasteiger charge is 2.08. The number of methoxy groups -OCH3 is 1. The Morgan fingerprint density at radius 1 is 0.935 bits per heavy atom. The lowest BCUT2D eigenvalue weighted by Crippen LogP contribution is -2.11. The van der Waals surface area contributed by atoms with E-state index in [0.29, 0.717) is 22.9 Å². The molecule has 0 saturated carbocycles. The highest BCUT2D eigenvalue weighted by molar-refractivity contribution is 6.17. The summed E-state index contributed by atoms with van der Waals surface area (Å²) in [5.41, 5.74) is 2.41. The van der Waals surface area contributed by atoms with Crippen molar-refractivity contribution in [2.45, 2.75) is 13.0 Å². The van der Waals surface area contributed by atoms with Crippen LogP contribution in [-0.4, -0.2) is 23.5 Å². The smallest absolute Gasteiger partial charge is 0.255 e. The normalized spacial score (nSPS) is 10.8. The number of halogens is 1. The summed E-state index contributed by atoms with van der Waals surface area (Å²) in [5, 5.41) is 3.98. The number of aromatic nitrogens is 1. The molecule has 0 spiro atoms. The Balaban J connectivity index is 1.41. The van der Waals surface area contributed by atoms with E-state index in [1.165, 1.54) is 0 Å². The second kappa shape index (κ2) is 9.58. The Morgan fingerprint density at radius 3 is 2.35 bits per heavy atom. The van der Waals surface area contributed by atoms with E-state index in [9.17, 15) is 4.79 Å². The zero-order valence-electron chi connectivity index (χ0n) is 17.2. The number of hydrogen-bond acceptors (Lipinski definition) is 3. The van der Waals surface area contributed by atoms with Gasteiger partial charge in [0.2, 0.25) is 0 Å². The average Bonchev–Trinajstić information content (AvgIpc) is 3.20. The number of fused-ring (bicyclic) bond motifs is 1. The Hall–Kier alpha value is -3.44. The van der Waals surface area contributed by atoms with Crippen LogP contribution in [0.5, 0.6) is 17.2 Å². The fourth-order valence-electron chi connectivity index (χ4n) is 3.35. The maximum Gasteiger partial charge on any atom is 0.255 e. The van der Waals surface area contributed by atoms with Gasteiger partial charge in [-0.1, -0.05) is 0 Å². The number of benzene rings is 3. The van der Waals surface area contributed by atoms with Crippen molar-refractivity contribution in [2.24, 2.45) is 0 Å². The molecule has 0 atom stereocenters. The number of carbonyl (C=O) groups excluding carboxylic acids is 1. The van der Waals surface area contributed by atoms with Crippen molar-refractivity contribution < 1.29 is 14.3 Å². The van der Waals surface area contributed by atoms with Crippen molar-refractivity contribution >= 4 is 34.1 Å². The summed E-state index contributed by atoms with van der Waals surface area (Å²) in [6.07, 6.45) is 3.00. The summed E-state index contributed by atoms with van der Waals surface area (Å²) in [5.74, 6) is 2.62. The van der Waals surface area contributed by atoms with Crippen LogP contribution in [-0.2, 0) is 6.54 Å². The Labute approximate surface area is 186 Å². The van der Waals surface area contributed by atoms with Crippen LogP contribution in [0.4, 0.5) is 5.69 Å². The van der Waals surface area contributed by atoms with Gasteiger partial charge in [-0.25, -0.2) is 0 Å². The van der Waals surface area contributed by atoms with Crippen LogP contribution in [0.15, 0.2) is 79.0 Å². The van der Waals surface area contributed by atoms with Crippen molar-refractivity contribution in [3.8, 4) is 17.2 Å². The van der Waals surface area contributed by atoms with Gasteiger partial charge in [-0.2, -0.15) is 0 Å². The fraction of sp³-hybridized carbons (Fsp3) is 0.160. The lowest BCUT2D eigenvalue weighted by atomic mass is 10.2. The average molecular weight is 435 g/mol. The summed E-state index contributed by atoms with van der Waals surface area (Å²) in [7, 11) is 1.61. The number of hydrogen-bond donors (Lipinski definition) is 1. The first-order valence-electron chi connectivity index (χ1n) is 10.0. The van der Waals surface area contributed by atoms with E-state index < -0.39 is 0 Å². The van der Waals surface area contributed by atoms with Gasteiger partial charge in [0.05, 0.1) is 7.11 Å². The van der Waals surface area contributed by atoms with Crippen LogP contribution < -0.4 is 14.8 Å². The minimum atomic E-state index is -0.184. The Morgan fingerprint density at radius 2 is 1.65 bits per heavy atom. The molecule has 0 aliphatic rings. The van der Waals surface area contributed by atoms with Crippen LogP contribution in [0.2, 0.25) is 0 Å². The first-order chi connectivity index (χ1) is 15.2. The van der Waals surface area contributed by atoms with Crippen molar-refractivity contribution in [2.75, 3.05) is 18.3 Å². The predicted octanol–water partition coefficient (Wildman–Crippen LogP) is 6.32. The largest absolute Gasteiger partial charge is 0.497 e. The number of anilines is 1. The molecule has 5 nitrogen and oxygen atoms in total. The maximum absolute atomic E-state index is 12.5. The molecule has 3 aromatic carbocycles. The molecular weight excluding hydrogens is 412 g/mol. The molecule has 0 fully saturated rings. The van der Waals surface area contributed by atoms with Crippen LogP contribution in [0.3, 0.4) is 0 Å². The summed E-state index contributed by atoms with van der Waals surface area (Å²) < 4.78 is 13.3. The summed E-state index contributed by atoms with van der Waals surface area (Å²) in [6.45, 7) is 0.896. The second-order valence-electron chi connectivity index (χ2n) is 7.08. The number of aryl methyl sites for hydroxylation is 1. The molecule has 6 heteroatoms. The number of rotatable bonds is 8. The minimum Gasteiger partial charge on any atom is -0.497 e. The number of nitrogens with zero attached hydrogens (tertiary/aromatic N) is 1. The van der Waals surface area contributed by atoms with Gasteiger partial charge >= 0.3 is 0 Å². The lowest BCUT2D eigenvalue weighted by molar-refractivity contribution is 0.102. The van der Waals surface area contributed by atoms with E-state index >= 15 is 0 Å². The molecule has 1 amide bonds. The molecule has 31 heavy (non-hydrogen) atoms. The monoisotopic (exact) mass is 434 g/mol. The third kappa shape index (κ3) is 5.01. The lowest BCUT2D eigenvalue weighted by Gasteiger charge is -2.09. The van der Waals surface area contributed by atoms with E-state index in [1.54, 1.807) is 55.6 Å². The third-order valence-corrected chi connectivity index (χ3v) is 5.24. The summed E-state index contributed by atoms with van der Waals surface area (Å²) >= 11 is 5.80. The van der Waals surface area contributed by atoms with Gasteiger partial charge in [0, 0.05) is 40.8 Å².